The van der Waals surface area contributed by atoms with Crippen molar-refractivity contribution in [3.8, 4) is 0 Å². The summed E-state index contributed by atoms with van der Waals surface area (Å²) in [7, 11) is 0. The highest BCUT2D eigenvalue weighted by molar-refractivity contribution is 4.92. The first kappa shape index (κ1) is 34.8. The van der Waals surface area contributed by atoms with Crippen LogP contribution >= 0.6 is 0 Å². The summed E-state index contributed by atoms with van der Waals surface area (Å²) in [5, 5.41) is 119. The summed E-state index contributed by atoms with van der Waals surface area (Å²) in [4.78, 5) is 0. The number of aliphatic hydroxyl groups excluding tert-OH is 12. The Bertz CT molecular complexity index is 688. The third-order valence-corrected chi connectivity index (χ3v) is 7.33. The van der Waals surface area contributed by atoms with Crippen molar-refractivity contribution >= 4 is 0 Å². The Morgan fingerprint density at radius 1 is 0.439 bits per heavy atom. The van der Waals surface area contributed by atoms with E-state index in [1.54, 1.807) is 0 Å². The van der Waals surface area contributed by atoms with E-state index in [0.29, 0.717) is 0 Å². The van der Waals surface area contributed by atoms with Gasteiger partial charge in [0.15, 0.2) is 18.9 Å². The lowest BCUT2D eigenvalue weighted by Gasteiger charge is -2.43. The van der Waals surface area contributed by atoms with Crippen LogP contribution in [-0.2, 0) is 28.4 Å². The van der Waals surface area contributed by atoms with Crippen LogP contribution in [0.3, 0.4) is 0 Å². The van der Waals surface area contributed by atoms with E-state index in [0.717, 1.165) is 0 Å². The largest absolute Gasteiger partial charge is 0.394 e. The standard InChI is InChI=1S/C23H42O18/c1-23(5-36-20-17(33)14(30)11(27)8(2-24)39-20,6-37-21-18(34)15(31)12(28)9(3-25)40-21)7-38-22-19(35)16(32)13(29)10(4-26)41-22/h8-22,24-35H,2-7H2,1H3/t8?,9?,10?,11-,12-,13-,14+,15?,16?,17?,18-,19-,20+,21-,22+,23?/m1/s1. The molecule has 18 nitrogen and oxygen atoms in total. The molecule has 41 heavy (non-hydrogen) atoms. The Balaban J connectivity index is 1.73. The van der Waals surface area contributed by atoms with Crippen LogP contribution in [0.4, 0.5) is 0 Å². The lowest BCUT2D eigenvalue weighted by atomic mass is 9.93. The molecule has 3 rings (SSSR count). The molecule has 3 saturated heterocycles. The zero-order valence-corrected chi connectivity index (χ0v) is 22.2. The molecule has 3 aliphatic rings. The van der Waals surface area contributed by atoms with Gasteiger partial charge in [0.05, 0.1) is 39.6 Å². The molecule has 3 aliphatic heterocycles. The molecule has 0 amide bonds. The molecular weight excluding hydrogens is 564 g/mol. The molecule has 0 aromatic heterocycles. The summed E-state index contributed by atoms with van der Waals surface area (Å²) in [6, 6.07) is 0. The fourth-order valence-electron chi connectivity index (χ4n) is 4.59. The number of rotatable bonds is 12. The first-order valence-corrected chi connectivity index (χ1v) is 13.0. The molecule has 0 aromatic carbocycles. The van der Waals surface area contributed by atoms with Gasteiger partial charge in [0.1, 0.15) is 73.2 Å². The van der Waals surface area contributed by atoms with Crippen molar-refractivity contribution in [2.75, 3.05) is 39.6 Å². The lowest BCUT2D eigenvalue weighted by molar-refractivity contribution is -0.329. The van der Waals surface area contributed by atoms with Crippen molar-refractivity contribution in [1.82, 2.24) is 0 Å². The first-order valence-electron chi connectivity index (χ1n) is 13.0. The monoisotopic (exact) mass is 606 g/mol. The number of hydrogen-bond donors (Lipinski definition) is 12. The van der Waals surface area contributed by atoms with Crippen molar-refractivity contribution in [2.24, 2.45) is 5.41 Å². The van der Waals surface area contributed by atoms with Crippen LogP contribution in [-0.4, -0.2) is 193 Å². The molecule has 0 bridgehead atoms. The van der Waals surface area contributed by atoms with Crippen LogP contribution in [0.5, 0.6) is 0 Å². The van der Waals surface area contributed by atoms with Crippen molar-refractivity contribution in [1.29, 1.82) is 0 Å². The quantitative estimate of drug-likeness (QED) is 0.0981. The van der Waals surface area contributed by atoms with Gasteiger partial charge in [-0.1, -0.05) is 6.92 Å². The summed E-state index contributed by atoms with van der Waals surface area (Å²) in [6.45, 7) is -1.90. The van der Waals surface area contributed by atoms with Crippen molar-refractivity contribution in [2.45, 2.75) is 99.0 Å². The third-order valence-electron chi connectivity index (χ3n) is 7.33. The van der Waals surface area contributed by atoms with Crippen molar-refractivity contribution in [3.63, 3.8) is 0 Å². The highest BCUT2D eigenvalue weighted by Crippen LogP contribution is 2.30. The van der Waals surface area contributed by atoms with Crippen molar-refractivity contribution < 1.29 is 89.7 Å². The lowest BCUT2D eigenvalue weighted by Crippen LogP contribution is -2.61. The molecule has 3 fully saturated rings. The van der Waals surface area contributed by atoms with E-state index in [1.807, 2.05) is 0 Å². The summed E-state index contributed by atoms with van der Waals surface area (Å²) >= 11 is 0. The van der Waals surface area contributed by atoms with E-state index in [4.69, 9.17) is 28.4 Å². The van der Waals surface area contributed by atoms with E-state index in [-0.39, 0.29) is 0 Å². The predicted octanol–water partition coefficient (Wildman–Crippen LogP) is -7.56. The topological polar surface area (TPSA) is 298 Å². The molecular formula is C23H42O18. The molecule has 7 unspecified atom stereocenters. The molecule has 16 atom stereocenters. The highest BCUT2D eigenvalue weighted by Gasteiger charge is 2.48. The smallest absolute Gasteiger partial charge is 0.186 e. The Morgan fingerprint density at radius 3 is 0.902 bits per heavy atom. The Morgan fingerprint density at radius 2 is 0.683 bits per heavy atom. The fourth-order valence-corrected chi connectivity index (χ4v) is 4.59. The zero-order valence-electron chi connectivity index (χ0n) is 22.2. The van der Waals surface area contributed by atoms with Gasteiger partial charge in [0.2, 0.25) is 0 Å². The maximum absolute atomic E-state index is 10.3. The highest BCUT2D eigenvalue weighted by atomic mass is 16.7. The molecule has 18 heteroatoms. The predicted molar refractivity (Wildman–Crippen MR) is 127 cm³/mol. The van der Waals surface area contributed by atoms with E-state index in [9.17, 15) is 61.3 Å². The van der Waals surface area contributed by atoms with Gasteiger partial charge >= 0.3 is 0 Å². The minimum absolute atomic E-state index is 0.426. The normalized spacial score (nSPS) is 47.2. The van der Waals surface area contributed by atoms with Crippen LogP contribution in [0.25, 0.3) is 0 Å². The van der Waals surface area contributed by atoms with Gasteiger partial charge in [0.25, 0.3) is 0 Å². The zero-order chi connectivity index (χ0) is 30.6. The Labute approximate surface area is 234 Å². The van der Waals surface area contributed by atoms with Gasteiger partial charge in [-0.25, -0.2) is 0 Å². The number of aliphatic hydroxyl groups is 12. The Kier molecular flexibility index (Phi) is 12.6. The minimum Gasteiger partial charge on any atom is -0.394 e. The minimum atomic E-state index is -1.74. The maximum atomic E-state index is 10.3. The fraction of sp³-hybridized carbons (Fsp3) is 1.00. The summed E-state index contributed by atoms with van der Waals surface area (Å²) in [5.41, 5.74) is -1.34. The molecule has 0 spiro atoms. The van der Waals surface area contributed by atoms with Crippen molar-refractivity contribution in [3.05, 3.63) is 0 Å². The third kappa shape index (κ3) is 7.87. The van der Waals surface area contributed by atoms with Gasteiger partial charge in [-0.15, -0.1) is 0 Å². The molecule has 0 aromatic rings. The van der Waals surface area contributed by atoms with Gasteiger partial charge in [0, 0.05) is 5.41 Å². The van der Waals surface area contributed by atoms with E-state index < -0.39 is 137 Å². The van der Waals surface area contributed by atoms with Crippen LogP contribution in [0.15, 0.2) is 0 Å². The number of hydrogen-bond acceptors (Lipinski definition) is 18. The second kappa shape index (κ2) is 14.8. The van der Waals surface area contributed by atoms with Crippen LogP contribution in [0.1, 0.15) is 6.92 Å². The number of ether oxygens (including phenoxy) is 6. The molecule has 0 aliphatic carbocycles. The summed E-state index contributed by atoms with van der Waals surface area (Å²) < 4.78 is 32.9. The van der Waals surface area contributed by atoms with Gasteiger partial charge in [-0.3, -0.25) is 0 Å². The molecule has 0 saturated carbocycles. The van der Waals surface area contributed by atoms with Gasteiger partial charge in [-0.2, -0.15) is 0 Å². The average molecular weight is 607 g/mol. The summed E-state index contributed by atoms with van der Waals surface area (Å²) in [5.74, 6) is 0. The molecule has 0 radical (unpaired) electrons. The first-order chi connectivity index (χ1) is 19.3. The molecule has 3 heterocycles. The van der Waals surface area contributed by atoms with Gasteiger partial charge in [-0.05, 0) is 0 Å². The van der Waals surface area contributed by atoms with Crippen LogP contribution in [0.2, 0.25) is 0 Å². The molecule has 242 valence electrons. The van der Waals surface area contributed by atoms with E-state index in [2.05, 4.69) is 0 Å². The van der Waals surface area contributed by atoms with Gasteiger partial charge < -0.3 is 89.7 Å². The van der Waals surface area contributed by atoms with Crippen LogP contribution in [0, 0.1) is 5.41 Å². The Hall–Kier alpha value is -0.720. The average Bonchev–Trinajstić information content (AvgIpc) is 2.96. The summed E-state index contributed by atoms with van der Waals surface area (Å²) in [6.07, 6.45) is -23.8. The second-order valence-electron chi connectivity index (χ2n) is 10.8. The van der Waals surface area contributed by atoms with E-state index >= 15 is 0 Å². The van der Waals surface area contributed by atoms with E-state index in [1.165, 1.54) is 6.92 Å². The maximum Gasteiger partial charge on any atom is 0.186 e. The molecule has 12 N–H and O–H groups in total. The van der Waals surface area contributed by atoms with Crippen LogP contribution < -0.4 is 0 Å². The second-order valence-corrected chi connectivity index (χ2v) is 10.8. The SMILES string of the molecule is CC(CO[C@H]1OC(CO)[C@@H](O)[C@H](O)C1O)(CO[C@@H]1OC(CO)[C@@H](O)C(O)[C@H]1O)CO[C@H]1OC(CO)[C@@H](O)C(O)[C@H]1O.